The Kier molecular flexibility index (Phi) is 4.81. The second kappa shape index (κ2) is 4.94. The molecule has 0 fully saturated rings. The quantitative estimate of drug-likeness (QED) is 0.445. The van der Waals surface area contributed by atoms with Gasteiger partial charge < -0.3 is 0 Å². The monoisotopic (exact) mass is 164 g/mol. The predicted octanol–water partition coefficient (Wildman–Crippen LogP) is -0.321. The maximum absolute atomic E-state index is 9.77. The molecule has 0 aliphatic rings. The Bertz CT molecular complexity index is 102. The van der Waals surface area contributed by atoms with Crippen LogP contribution < -0.4 is 4.06 Å². The standard InChI is InChI=1S/C4H6NO2.Zn/c5-3-1-2-4(6)7;/h1-2,5H,3H2,(H,6,7);/q-1;+1. The molecule has 0 aromatic rings. The molecule has 41 valence electrons. The van der Waals surface area contributed by atoms with Crippen LogP contribution in [0.2, 0.25) is 0 Å². The number of hydrogen-bond acceptors (Lipinski definition) is 2. The van der Waals surface area contributed by atoms with E-state index in [1.807, 2.05) is 0 Å². The first-order valence-electron chi connectivity index (χ1n) is 2.17. The van der Waals surface area contributed by atoms with Crippen LogP contribution >= 0.6 is 0 Å². The van der Waals surface area contributed by atoms with Gasteiger partial charge in [-0.3, -0.25) is 0 Å². The fourth-order valence-corrected chi connectivity index (χ4v) is 0.593. The molecular weight excluding hydrogens is 159 g/mol. The Morgan fingerprint density at radius 1 is 1.88 bits per heavy atom. The van der Waals surface area contributed by atoms with Crippen molar-refractivity contribution in [3.05, 3.63) is 12.2 Å². The van der Waals surface area contributed by atoms with Crippen LogP contribution in [-0.2, 0) is 23.3 Å². The van der Waals surface area contributed by atoms with E-state index >= 15 is 0 Å². The van der Waals surface area contributed by atoms with Crippen LogP contribution in [0.1, 0.15) is 0 Å². The average Bonchev–Trinajstić information content (AvgIpc) is 1.66. The van der Waals surface area contributed by atoms with Gasteiger partial charge in [-0.2, -0.15) is 0 Å². The van der Waals surface area contributed by atoms with E-state index in [0.29, 0.717) is 6.54 Å². The summed E-state index contributed by atoms with van der Waals surface area (Å²) in [4.78, 5) is 9.77. The number of carboxylic acid groups (broad SMARTS) is 1. The second-order valence-corrected chi connectivity index (χ2v) is 2.24. The normalized spacial score (nSPS) is 10.2. The molecule has 8 heavy (non-hydrogen) atoms. The Labute approximate surface area is 57.7 Å². The van der Waals surface area contributed by atoms with Crippen LogP contribution in [0.3, 0.4) is 0 Å². The molecule has 2 N–H and O–H groups in total. The van der Waals surface area contributed by atoms with E-state index in [1.54, 1.807) is 6.08 Å². The number of carboxylic acids is 1. The molecule has 0 rings (SSSR count). The van der Waals surface area contributed by atoms with Crippen LogP contribution in [0.5, 0.6) is 0 Å². The summed E-state index contributed by atoms with van der Waals surface area (Å²) in [5.41, 5.74) is 0. The number of hydrogen-bond donors (Lipinski definition) is 2. The van der Waals surface area contributed by atoms with E-state index in [2.05, 4.69) is 4.06 Å². The van der Waals surface area contributed by atoms with Crippen molar-refractivity contribution in [1.29, 1.82) is 0 Å². The third-order valence-electron chi connectivity index (χ3n) is 0.523. The van der Waals surface area contributed by atoms with Gasteiger partial charge in [-0.05, 0) is 0 Å². The molecule has 0 spiro atoms. The van der Waals surface area contributed by atoms with Gasteiger partial charge in [0.25, 0.3) is 0 Å². The van der Waals surface area contributed by atoms with Crippen LogP contribution in [0, 0.1) is 0 Å². The van der Waals surface area contributed by atoms with Crippen LogP contribution in [0.4, 0.5) is 0 Å². The first-order valence-corrected chi connectivity index (χ1v) is 3.65. The first-order chi connectivity index (χ1) is 3.77. The molecule has 0 atom stereocenters. The summed E-state index contributed by atoms with van der Waals surface area (Å²) < 4.78 is 2.90. The molecule has 3 nitrogen and oxygen atoms in total. The summed E-state index contributed by atoms with van der Waals surface area (Å²) in [5, 5.41) is 8.04. The number of aliphatic carboxylic acids is 1. The minimum absolute atomic E-state index is 0.659. The third kappa shape index (κ3) is 5.79. The number of nitrogens with one attached hydrogen (secondary N) is 1. The van der Waals surface area contributed by atoms with Gasteiger partial charge in [0.15, 0.2) is 0 Å². The molecule has 0 unspecified atom stereocenters. The molecule has 0 heterocycles. The van der Waals surface area contributed by atoms with Gasteiger partial charge in [0.05, 0.1) is 0 Å². The van der Waals surface area contributed by atoms with Crippen molar-refractivity contribution in [2.24, 2.45) is 0 Å². The SMILES string of the molecule is O=C(O)C=CC[NH][Zn]. The van der Waals surface area contributed by atoms with Crippen molar-refractivity contribution >= 4 is 5.97 Å². The molecule has 0 saturated carbocycles. The zero-order valence-electron chi connectivity index (χ0n) is 4.42. The molecule has 0 saturated heterocycles. The second-order valence-electron chi connectivity index (χ2n) is 1.19. The predicted molar refractivity (Wildman–Crippen MR) is 24.8 cm³/mol. The molecule has 4 heteroatoms. The van der Waals surface area contributed by atoms with E-state index in [-0.39, 0.29) is 0 Å². The van der Waals surface area contributed by atoms with Crippen LogP contribution in [0.25, 0.3) is 0 Å². The zero-order valence-corrected chi connectivity index (χ0v) is 7.39. The van der Waals surface area contributed by atoms with Crippen molar-refractivity contribution in [3.63, 3.8) is 0 Å². The Balaban J connectivity index is 3.20. The van der Waals surface area contributed by atoms with Crippen LogP contribution in [0.15, 0.2) is 12.2 Å². The van der Waals surface area contributed by atoms with E-state index in [9.17, 15) is 4.79 Å². The van der Waals surface area contributed by atoms with Crippen molar-refractivity contribution in [2.45, 2.75) is 0 Å². The summed E-state index contributed by atoms with van der Waals surface area (Å²) in [5.74, 6) is -0.889. The van der Waals surface area contributed by atoms with Crippen molar-refractivity contribution in [3.8, 4) is 0 Å². The topological polar surface area (TPSA) is 49.3 Å². The van der Waals surface area contributed by atoms with Gasteiger partial charge in [0.1, 0.15) is 0 Å². The van der Waals surface area contributed by atoms with E-state index in [1.165, 1.54) is 0 Å². The summed E-state index contributed by atoms with van der Waals surface area (Å²) >= 11 is 0.990. The van der Waals surface area contributed by atoms with Gasteiger partial charge >= 0.3 is 57.2 Å². The Morgan fingerprint density at radius 2 is 2.50 bits per heavy atom. The third-order valence-corrected chi connectivity index (χ3v) is 1.13. The van der Waals surface area contributed by atoms with Crippen molar-refractivity contribution in [1.82, 2.24) is 4.06 Å². The van der Waals surface area contributed by atoms with Crippen molar-refractivity contribution in [2.75, 3.05) is 6.54 Å². The van der Waals surface area contributed by atoms with Gasteiger partial charge in [0.2, 0.25) is 0 Å². The average molecular weight is 165 g/mol. The Morgan fingerprint density at radius 3 is 2.88 bits per heavy atom. The number of carbonyl (C=O) groups is 1. The zero-order chi connectivity index (χ0) is 6.41. The van der Waals surface area contributed by atoms with Gasteiger partial charge in [0, 0.05) is 0 Å². The molecular formula is C4H6NO2Zn. The van der Waals surface area contributed by atoms with Gasteiger partial charge in [-0.25, -0.2) is 0 Å². The summed E-state index contributed by atoms with van der Waals surface area (Å²) in [7, 11) is 0. The summed E-state index contributed by atoms with van der Waals surface area (Å²) in [6.07, 6.45) is 2.70. The molecule has 0 aromatic heterocycles. The molecule has 0 aliphatic heterocycles. The first kappa shape index (κ1) is 7.79. The van der Waals surface area contributed by atoms with Gasteiger partial charge in [-0.15, -0.1) is 0 Å². The van der Waals surface area contributed by atoms with Gasteiger partial charge in [-0.1, -0.05) is 0 Å². The van der Waals surface area contributed by atoms with E-state index in [4.69, 9.17) is 5.11 Å². The molecule has 0 aromatic carbocycles. The Hall–Kier alpha value is -0.207. The number of rotatable bonds is 3. The summed E-state index contributed by atoms with van der Waals surface area (Å²) in [6, 6.07) is 0. The van der Waals surface area contributed by atoms with Crippen molar-refractivity contribution < 1.29 is 28.4 Å². The maximum atomic E-state index is 9.77. The fraction of sp³-hybridized carbons (Fsp3) is 0.250. The summed E-state index contributed by atoms with van der Waals surface area (Å²) in [6.45, 7) is 0.659. The molecule has 0 radical (unpaired) electrons. The van der Waals surface area contributed by atoms with E-state index < -0.39 is 5.97 Å². The van der Waals surface area contributed by atoms with E-state index in [0.717, 1.165) is 24.6 Å². The van der Waals surface area contributed by atoms with Crippen LogP contribution in [-0.4, -0.2) is 17.6 Å². The molecule has 0 amide bonds. The minimum atomic E-state index is -0.889. The fourth-order valence-electron chi connectivity index (χ4n) is 0.243. The molecule has 0 bridgehead atoms. The molecule has 0 aliphatic carbocycles.